The van der Waals surface area contributed by atoms with Crippen molar-refractivity contribution in [2.75, 3.05) is 14.2 Å². The molecule has 0 aliphatic carbocycles. The molecule has 0 aliphatic rings. The van der Waals surface area contributed by atoms with Gasteiger partial charge in [-0.15, -0.1) is 0 Å². The van der Waals surface area contributed by atoms with Crippen molar-refractivity contribution in [1.82, 2.24) is 4.98 Å². The topological polar surface area (TPSA) is 74.7 Å². The number of methoxy groups -OCH3 is 2. The fourth-order valence-corrected chi connectivity index (χ4v) is 1.15. The first kappa shape index (κ1) is 13.0. The molecule has 1 rings (SSSR count). The summed E-state index contributed by atoms with van der Waals surface area (Å²) in [4.78, 5) is 26.1. The van der Waals surface area contributed by atoms with Gasteiger partial charge in [0.1, 0.15) is 6.61 Å². The molecule has 0 bridgehead atoms. The maximum atomic E-state index is 11.4. The first-order chi connectivity index (χ1) is 8.08. The van der Waals surface area contributed by atoms with Crippen LogP contribution >= 0.6 is 0 Å². The molecule has 0 radical (unpaired) electrons. The van der Waals surface area contributed by atoms with Crippen molar-refractivity contribution in [3.05, 3.63) is 23.5 Å². The van der Waals surface area contributed by atoms with Crippen LogP contribution < -0.4 is 4.74 Å². The molecular formula is C11H13NO5. The summed E-state index contributed by atoms with van der Waals surface area (Å²) in [5, 5.41) is 0. The monoisotopic (exact) mass is 239 g/mol. The summed E-state index contributed by atoms with van der Waals surface area (Å²) in [6.45, 7) is 1.30. The number of nitrogens with zero attached hydrogens (tertiary/aromatic N) is 1. The molecule has 1 aromatic rings. The van der Waals surface area contributed by atoms with Crippen LogP contribution in [0.1, 0.15) is 23.1 Å². The molecule has 92 valence electrons. The van der Waals surface area contributed by atoms with E-state index in [1.807, 2.05) is 0 Å². The van der Waals surface area contributed by atoms with E-state index in [-0.39, 0.29) is 12.3 Å². The predicted molar refractivity (Wildman–Crippen MR) is 57.6 cm³/mol. The number of ether oxygens (including phenoxy) is 3. The highest BCUT2D eigenvalue weighted by atomic mass is 16.5. The van der Waals surface area contributed by atoms with E-state index >= 15 is 0 Å². The van der Waals surface area contributed by atoms with E-state index in [1.54, 1.807) is 12.1 Å². The van der Waals surface area contributed by atoms with Crippen LogP contribution in [0, 0.1) is 0 Å². The van der Waals surface area contributed by atoms with E-state index in [2.05, 4.69) is 9.72 Å². The molecule has 0 N–H and O–H groups in total. The third-order valence-corrected chi connectivity index (χ3v) is 1.94. The molecule has 17 heavy (non-hydrogen) atoms. The highest BCUT2D eigenvalue weighted by Crippen LogP contribution is 2.17. The Kier molecular flexibility index (Phi) is 4.45. The molecule has 0 amide bonds. The molecule has 0 saturated carbocycles. The largest absolute Gasteiger partial charge is 0.494 e. The maximum Gasteiger partial charge on any atom is 0.360 e. The molecule has 6 heteroatoms. The number of rotatable bonds is 4. The second-order valence-corrected chi connectivity index (χ2v) is 3.13. The van der Waals surface area contributed by atoms with E-state index in [0.29, 0.717) is 11.4 Å². The Morgan fingerprint density at radius 2 is 2.00 bits per heavy atom. The number of pyridine rings is 1. The molecule has 6 nitrogen and oxygen atoms in total. The SMILES string of the molecule is COC(=O)c1nc(COC(C)=O)ccc1OC. The van der Waals surface area contributed by atoms with Gasteiger partial charge in [0.25, 0.3) is 0 Å². The Labute approximate surface area is 98.5 Å². The van der Waals surface area contributed by atoms with Crippen LogP contribution in [0.3, 0.4) is 0 Å². The number of hydrogen-bond donors (Lipinski definition) is 0. The number of esters is 2. The fraction of sp³-hybridized carbons (Fsp3) is 0.364. The first-order valence-corrected chi connectivity index (χ1v) is 4.84. The zero-order valence-corrected chi connectivity index (χ0v) is 9.85. The normalized spacial score (nSPS) is 9.59. The summed E-state index contributed by atoms with van der Waals surface area (Å²) in [5.41, 5.74) is 0.501. The van der Waals surface area contributed by atoms with Gasteiger partial charge in [-0.25, -0.2) is 9.78 Å². The van der Waals surface area contributed by atoms with Gasteiger partial charge in [-0.05, 0) is 12.1 Å². The lowest BCUT2D eigenvalue weighted by atomic mass is 10.3. The van der Waals surface area contributed by atoms with Crippen molar-refractivity contribution in [2.24, 2.45) is 0 Å². The van der Waals surface area contributed by atoms with Gasteiger partial charge in [-0.3, -0.25) is 4.79 Å². The van der Waals surface area contributed by atoms with Crippen molar-refractivity contribution in [3.63, 3.8) is 0 Å². The molecule has 0 saturated heterocycles. The Morgan fingerprint density at radius 3 is 2.53 bits per heavy atom. The van der Waals surface area contributed by atoms with Gasteiger partial charge in [-0.1, -0.05) is 0 Å². The average Bonchev–Trinajstić information content (AvgIpc) is 2.34. The highest BCUT2D eigenvalue weighted by molar-refractivity contribution is 5.90. The lowest BCUT2D eigenvalue weighted by Gasteiger charge is -2.08. The zero-order chi connectivity index (χ0) is 12.8. The van der Waals surface area contributed by atoms with Crippen LogP contribution in [-0.2, 0) is 20.9 Å². The number of hydrogen-bond acceptors (Lipinski definition) is 6. The number of carbonyl (C=O) groups excluding carboxylic acids is 2. The minimum Gasteiger partial charge on any atom is -0.494 e. The van der Waals surface area contributed by atoms with Crippen molar-refractivity contribution in [1.29, 1.82) is 0 Å². The van der Waals surface area contributed by atoms with Gasteiger partial charge in [0, 0.05) is 6.92 Å². The molecule has 1 aromatic heterocycles. The molecule has 0 unspecified atom stereocenters. The second kappa shape index (κ2) is 5.83. The first-order valence-electron chi connectivity index (χ1n) is 4.84. The zero-order valence-electron chi connectivity index (χ0n) is 9.85. The summed E-state index contributed by atoms with van der Waals surface area (Å²) in [7, 11) is 2.68. The van der Waals surface area contributed by atoms with Crippen LogP contribution in [0.2, 0.25) is 0 Å². The lowest BCUT2D eigenvalue weighted by molar-refractivity contribution is -0.142. The van der Waals surface area contributed by atoms with Crippen LogP contribution in [0.5, 0.6) is 5.75 Å². The van der Waals surface area contributed by atoms with E-state index in [0.717, 1.165) is 0 Å². The van der Waals surface area contributed by atoms with Crippen molar-refractivity contribution in [3.8, 4) is 5.75 Å². The van der Waals surface area contributed by atoms with Crippen molar-refractivity contribution >= 4 is 11.9 Å². The summed E-state index contributed by atoms with van der Waals surface area (Å²) in [6.07, 6.45) is 0. The van der Waals surface area contributed by atoms with E-state index in [1.165, 1.54) is 21.1 Å². The minimum atomic E-state index is -0.605. The fourth-order valence-electron chi connectivity index (χ4n) is 1.15. The molecular weight excluding hydrogens is 226 g/mol. The standard InChI is InChI=1S/C11H13NO5/c1-7(13)17-6-8-4-5-9(15-2)10(12-8)11(14)16-3/h4-5H,6H2,1-3H3. The van der Waals surface area contributed by atoms with Gasteiger partial charge < -0.3 is 14.2 Å². The summed E-state index contributed by atoms with van der Waals surface area (Å²) < 4.78 is 14.3. The smallest absolute Gasteiger partial charge is 0.360 e. The second-order valence-electron chi connectivity index (χ2n) is 3.13. The lowest BCUT2D eigenvalue weighted by Crippen LogP contribution is -2.10. The molecule has 0 atom stereocenters. The van der Waals surface area contributed by atoms with Crippen LogP contribution in [-0.4, -0.2) is 31.1 Å². The molecule has 0 fully saturated rings. The minimum absolute atomic E-state index is 0.00330. The number of carbonyl (C=O) groups is 2. The molecule has 0 aromatic carbocycles. The Bertz CT molecular complexity index is 430. The van der Waals surface area contributed by atoms with Gasteiger partial charge in [0.15, 0.2) is 11.4 Å². The maximum absolute atomic E-state index is 11.4. The molecule has 0 aliphatic heterocycles. The third-order valence-electron chi connectivity index (χ3n) is 1.94. The van der Waals surface area contributed by atoms with E-state index in [9.17, 15) is 9.59 Å². The van der Waals surface area contributed by atoms with Gasteiger partial charge >= 0.3 is 11.9 Å². The van der Waals surface area contributed by atoms with Gasteiger partial charge in [-0.2, -0.15) is 0 Å². The van der Waals surface area contributed by atoms with Gasteiger partial charge in [0.2, 0.25) is 0 Å². The van der Waals surface area contributed by atoms with Crippen LogP contribution in [0.15, 0.2) is 12.1 Å². The predicted octanol–water partition coefficient (Wildman–Crippen LogP) is 0.940. The Balaban J connectivity index is 2.96. The van der Waals surface area contributed by atoms with Crippen LogP contribution in [0.25, 0.3) is 0 Å². The van der Waals surface area contributed by atoms with E-state index in [4.69, 9.17) is 9.47 Å². The molecule has 1 heterocycles. The quantitative estimate of drug-likeness (QED) is 0.728. The average molecular weight is 239 g/mol. The van der Waals surface area contributed by atoms with Crippen molar-refractivity contribution in [2.45, 2.75) is 13.5 Å². The van der Waals surface area contributed by atoms with Gasteiger partial charge in [0.05, 0.1) is 19.9 Å². The Morgan fingerprint density at radius 1 is 1.29 bits per heavy atom. The third kappa shape index (κ3) is 3.44. The Hall–Kier alpha value is -2.11. The highest BCUT2D eigenvalue weighted by Gasteiger charge is 2.15. The van der Waals surface area contributed by atoms with Crippen molar-refractivity contribution < 1.29 is 23.8 Å². The van der Waals surface area contributed by atoms with Crippen LogP contribution in [0.4, 0.5) is 0 Å². The number of aromatic nitrogens is 1. The van der Waals surface area contributed by atoms with E-state index < -0.39 is 11.9 Å². The molecule has 0 spiro atoms. The summed E-state index contributed by atoms with van der Waals surface area (Å²) in [6, 6.07) is 3.17. The summed E-state index contributed by atoms with van der Waals surface area (Å²) >= 11 is 0. The summed E-state index contributed by atoms with van der Waals surface area (Å²) in [5.74, 6) is -0.711.